The van der Waals surface area contributed by atoms with Gasteiger partial charge in [-0.25, -0.2) is 0 Å². The van der Waals surface area contributed by atoms with Crippen LogP contribution in [0.1, 0.15) is 34.3 Å². The highest BCUT2D eigenvalue weighted by Gasteiger charge is 2.22. The van der Waals surface area contributed by atoms with Crippen LogP contribution < -0.4 is 5.32 Å². The van der Waals surface area contributed by atoms with Crippen molar-refractivity contribution < 1.29 is 4.79 Å². The molecule has 0 fully saturated rings. The summed E-state index contributed by atoms with van der Waals surface area (Å²) in [7, 11) is 0. The van der Waals surface area contributed by atoms with Crippen LogP contribution in [0.4, 0.5) is 0 Å². The van der Waals surface area contributed by atoms with Crippen molar-refractivity contribution in [2.24, 2.45) is 0 Å². The van der Waals surface area contributed by atoms with Crippen LogP contribution in [-0.4, -0.2) is 16.9 Å². The molecule has 0 aliphatic heterocycles. The van der Waals surface area contributed by atoms with Crippen LogP contribution in [0.5, 0.6) is 0 Å². The van der Waals surface area contributed by atoms with Crippen LogP contribution in [-0.2, 0) is 6.42 Å². The van der Waals surface area contributed by atoms with E-state index in [0.717, 1.165) is 28.5 Å². The zero-order valence-electron chi connectivity index (χ0n) is 17.1. The number of benzene rings is 3. The number of fused-ring (bicyclic) bond motifs is 1. The molecule has 0 saturated carbocycles. The van der Waals surface area contributed by atoms with Crippen LogP contribution in [0.2, 0.25) is 10.0 Å². The van der Waals surface area contributed by atoms with Crippen molar-refractivity contribution in [1.29, 1.82) is 0 Å². The number of rotatable bonds is 6. The third-order valence-electron chi connectivity index (χ3n) is 5.49. The van der Waals surface area contributed by atoms with E-state index in [1.807, 2.05) is 85.8 Å². The Kier molecular flexibility index (Phi) is 6.55. The molecule has 5 heteroatoms. The van der Waals surface area contributed by atoms with E-state index in [2.05, 4.69) is 10.3 Å². The van der Waals surface area contributed by atoms with Gasteiger partial charge in [-0.15, -0.1) is 0 Å². The Morgan fingerprint density at radius 1 is 0.935 bits per heavy atom. The maximum Gasteiger partial charge on any atom is 0.251 e. The topological polar surface area (TPSA) is 42.0 Å². The Hall–Kier alpha value is -2.88. The summed E-state index contributed by atoms with van der Waals surface area (Å²) >= 11 is 12.1. The fourth-order valence-corrected chi connectivity index (χ4v) is 4.03. The third kappa shape index (κ3) is 5.25. The molecule has 0 unspecified atom stereocenters. The summed E-state index contributed by atoms with van der Waals surface area (Å²) in [6.07, 6.45) is 2.51. The third-order valence-corrected chi connectivity index (χ3v) is 6.00. The summed E-state index contributed by atoms with van der Waals surface area (Å²) in [6, 6.07) is 24.9. The summed E-state index contributed by atoms with van der Waals surface area (Å²) in [5.41, 5.74) is 3.76. The Labute approximate surface area is 192 Å². The smallest absolute Gasteiger partial charge is 0.251 e. The summed E-state index contributed by atoms with van der Waals surface area (Å²) in [6.45, 7) is 2.04. The molecule has 1 heterocycles. The van der Waals surface area contributed by atoms with E-state index in [1.54, 1.807) is 6.20 Å². The molecule has 3 aromatic carbocycles. The standard InChI is InChI=1S/C26H22Cl2N2O/c1-17(30-26(31)21-8-13-25-20(16-21)3-2-14-29-25)24(19-6-11-23(28)12-7-19)15-18-4-9-22(27)10-5-18/h2-14,16-17,24H,15H2,1H3,(H,30,31)/t17-,24+/m1/s1. The lowest BCUT2D eigenvalue weighted by molar-refractivity contribution is 0.0934. The van der Waals surface area contributed by atoms with Gasteiger partial charge in [0, 0.05) is 39.2 Å². The first-order valence-electron chi connectivity index (χ1n) is 10.1. The first kappa shape index (κ1) is 21.4. The van der Waals surface area contributed by atoms with Gasteiger partial charge in [-0.05, 0) is 73.0 Å². The summed E-state index contributed by atoms with van der Waals surface area (Å²) < 4.78 is 0. The molecule has 4 aromatic rings. The van der Waals surface area contributed by atoms with Crippen LogP contribution in [0.15, 0.2) is 85.1 Å². The number of pyridine rings is 1. The summed E-state index contributed by atoms with van der Waals surface area (Å²) in [4.78, 5) is 17.3. The number of nitrogens with zero attached hydrogens (tertiary/aromatic N) is 1. The number of carbonyl (C=O) groups excluding carboxylic acids is 1. The van der Waals surface area contributed by atoms with Gasteiger partial charge < -0.3 is 5.32 Å². The minimum Gasteiger partial charge on any atom is -0.349 e. The molecular weight excluding hydrogens is 427 g/mol. The normalized spacial score (nSPS) is 13.0. The molecule has 156 valence electrons. The van der Waals surface area contributed by atoms with E-state index in [4.69, 9.17) is 23.2 Å². The van der Waals surface area contributed by atoms with Gasteiger partial charge in [0.25, 0.3) is 5.91 Å². The molecule has 0 bridgehead atoms. The van der Waals surface area contributed by atoms with Crippen molar-refractivity contribution in [1.82, 2.24) is 10.3 Å². The van der Waals surface area contributed by atoms with Crippen LogP contribution in [0, 0.1) is 0 Å². The molecule has 0 aliphatic rings. The van der Waals surface area contributed by atoms with E-state index in [9.17, 15) is 4.79 Å². The minimum absolute atomic E-state index is 0.0736. The molecule has 0 aliphatic carbocycles. The lowest BCUT2D eigenvalue weighted by Gasteiger charge is -2.26. The van der Waals surface area contributed by atoms with Gasteiger partial charge >= 0.3 is 0 Å². The molecule has 1 aromatic heterocycles. The Balaban J connectivity index is 1.57. The number of hydrogen-bond donors (Lipinski definition) is 1. The highest BCUT2D eigenvalue weighted by molar-refractivity contribution is 6.30. The van der Waals surface area contributed by atoms with E-state index < -0.39 is 0 Å². The van der Waals surface area contributed by atoms with E-state index in [0.29, 0.717) is 15.6 Å². The highest BCUT2D eigenvalue weighted by Crippen LogP contribution is 2.27. The second-order valence-electron chi connectivity index (χ2n) is 7.66. The lowest BCUT2D eigenvalue weighted by atomic mass is 9.86. The molecule has 0 saturated heterocycles. The van der Waals surface area contributed by atoms with Gasteiger partial charge in [0.05, 0.1) is 5.52 Å². The zero-order valence-corrected chi connectivity index (χ0v) is 18.6. The maximum absolute atomic E-state index is 13.0. The molecule has 2 atom stereocenters. The summed E-state index contributed by atoms with van der Waals surface area (Å²) in [5.74, 6) is -0.0298. The summed E-state index contributed by atoms with van der Waals surface area (Å²) in [5, 5.41) is 5.53. The minimum atomic E-state index is -0.103. The van der Waals surface area contributed by atoms with Crippen molar-refractivity contribution in [3.8, 4) is 0 Å². The Morgan fingerprint density at radius 2 is 1.61 bits per heavy atom. The van der Waals surface area contributed by atoms with Crippen molar-refractivity contribution in [2.45, 2.75) is 25.3 Å². The van der Waals surface area contributed by atoms with Crippen LogP contribution in [0.25, 0.3) is 10.9 Å². The van der Waals surface area contributed by atoms with Crippen molar-refractivity contribution in [2.75, 3.05) is 0 Å². The van der Waals surface area contributed by atoms with Crippen molar-refractivity contribution in [3.63, 3.8) is 0 Å². The fraction of sp³-hybridized carbons (Fsp3) is 0.154. The van der Waals surface area contributed by atoms with Gasteiger partial charge in [-0.2, -0.15) is 0 Å². The first-order chi connectivity index (χ1) is 15.0. The van der Waals surface area contributed by atoms with Crippen LogP contribution >= 0.6 is 23.2 Å². The first-order valence-corrected chi connectivity index (χ1v) is 10.9. The molecule has 0 spiro atoms. The van der Waals surface area contributed by atoms with Crippen LogP contribution in [0.3, 0.4) is 0 Å². The fourth-order valence-electron chi connectivity index (χ4n) is 3.78. The van der Waals surface area contributed by atoms with Gasteiger partial charge in [0.1, 0.15) is 0 Å². The number of carbonyl (C=O) groups is 1. The average molecular weight is 449 g/mol. The zero-order chi connectivity index (χ0) is 21.8. The molecule has 3 nitrogen and oxygen atoms in total. The highest BCUT2D eigenvalue weighted by atomic mass is 35.5. The molecular formula is C26H22Cl2N2O. The van der Waals surface area contributed by atoms with Crippen molar-refractivity contribution in [3.05, 3.63) is 112 Å². The Bertz CT molecular complexity index is 1190. The predicted molar refractivity (Wildman–Crippen MR) is 128 cm³/mol. The lowest BCUT2D eigenvalue weighted by Crippen LogP contribution is -2.37. The van der Waals surface area contributed by atoms with E-state index >= 15 is 0 Å². The molecule has 1 N–H and O–H groups in total. The number of amides is 1. The average Bonchev–Trinajstić information content (AvgIpc) is 2.79. The maximum atomic E-state index is 13.0. The van der Waals surface area contributed by atoms with E-state index in [-0.39, 0.29) is 17.9 Å². The largest absolute Gasteiger partial charge is 0.349 e. The number of halogens is 2. The second kappa shape index (κ2) is 9.51. The second-order valence-corrected chi connectivity index (χ2v) is 8.53. The van der Waals surface area contributed by atoms with Gasteiger partial charge in [-0.1, -0.05) is 53.5 Å². The SMILES string of the molecule is C[C@@H](NC(=O)c1ccc2ncccc2c1)[C@H](Cc1ccc(Cl)cc1)c1ccc(Cl)cc1. The number of hydrogen-bond acceptors (Lipinski definition) is 2. The van der Waals surface area contributed by atoms with Gasteiger partial charge in [0.2, 0.25) is 0 Å². The monoisotopic (exact) mass is 448 g/mol. The van der Waals surface area contributed by atoms with Crippen molar-refractivity contribution >= 4 is 40.0 Å². The Morgan fingerprint density at radius 3 is 2.32 bits per heavy atom. The van der Waals surface area contributed by atoms with E-state index in [1.165, 1.54) is 0 Å². The quantitative estimate of drug-likeness (QED) is 0.357. The van der Waals surface area contributed by atoms with Gasteiger partial charge in [0.15, 0.2) is 0 Å². The molecule has 1 amide bonds. The predicted octanol–water partition coefficient (Wildman–Crippen LogP) is 6.69. The molecule has 31 heavy (non-hydrogen) atoms. The number of nitrogens with one attached hydrogen (secondary N) is 1. The number of aromatic nitrogens is 1. The molecule has 4 rings (SSSR count). The van der Waals surface area contributed by atoms with Gasteiger partial charge in [-0.3, -0.25) is 9.78 Å². The molecule has 0 radical (unpaired) electrons.